The molecule has 1 aliphatic rings. The van der Waals surface area contributed by atoms with Gasteiger partial charge in [0.25, 0.3) is 12.4 Å². The van der Waals surface area contributed by atoms with Crippen molar-refractivity contribution in [3.05, 3.63) is 35.9 Å². The van der Waals surface area contributed by atoms with Gasteiger partial charge in [0.05, 0.1) is 13.7 Å². The predicted molar refractivity (Wildman–Crippen MR) is 80.0 cm³/mol. The van der Waals surface area contributed by atoms with E-state index < -0.39 is 0 Å². The average Bonchev–Trinajstić information content (AvgIpc) is 2.90. The maximum Gasteiger partial charge on any atom is 0.324 e. The highest BCUT2D eigenvalue weighted by atomic mass is 16.5. The summed E-state index contributed by atoms with van der Waals surface area (Å²) in [5.74, 6) is 1.43. The largest absolute Gasteiger partial charge is 0.478 e. The molecule has 2 heterocycles. The van der Waals surface area contributed by atoms with Crippen LogP contribution >= 0.6 is 0 Å². The fourth-order valence-electron chi connectivity index (χ4n) is 2.35. The number of aromatic nitrogens is 1. The van der Waals surface area contributed by atoms with Crippen molar-refractivity contribution in [1.82, 2.24) is 4.98 Å². The van der Waals surface area contributed by atoms with Crippen LogP contribution in [0.25, 0.3) is 0 Å². The van der Waals surface area contributed by atoms with Crippen molar-refractivity contribution in [2.24, 2.45) is 0 Å². The Labute approximate surface area is 128 Å². The second kappa shape index (κ2) is 6.07. The molecule has 1 aromatic carbocycles. The molecular formula is C15H14BNO5. The van der Waals surface area contributed by atoms with E-state index in [9.17, 15) is 4.79 Å². The van der Waals surface area contributed by atoms with Crippen LogP contribution in [-0.4, -0.2) is 25.5 Å². The van der Waals surface area contributed by atoms with Crippen molar-refractivity contribution in [2.45, 2.75) is 13.4 Å². The van der Waals surface area contributed by atoms with E-state index in [1.807, 2.05) is 25.0 Å². The van der Waals surface area contributed by atoms with Gasteiger partial charge in [-0.25, -0.2) is 0 Å². The molecule has 3 rings (SSSR count). The molecule has 0 atom stereocenters. The van der Waals surface area contributed by atoms with Crippen molar-refractivity contribution in [1.29, 1.82) is 0 Å². The normalized spacial score (nSPS) is 12.7. The molecule has 0 saturated heterocycles. The molecular weight excluding hydrogens is 285 g/mol. The zero-order valence-electron chi connectivity index (χ0n) is 12.2. The molecule has 2 aromatic rings. The first-order valence-corrected chi connectivity index (χ1v) is 6.79. The number of hydrogen-bond donors (Lipinski definition) is 0. The van der Waals surface area contributed by atoms with Gasteiger partial charge in [0, 0.05) is 6.07 Å². The van der Waals surface area contributed by atoms with Crippen LogP contribution < -0.4 is 19.7 Å². The van der Waals surface area contributed by atoms with Crippen molar-refractivity contribution >= 4 is 18.9 Å². The SMILES string of the molecule is COc1nc(Oc2ccc3c(c2)COB3C)ccc1OC=O. The summed E-state index contributed by atoms with van der Waals surface area (Å²) >= 11 is 0. The Hall–Kier alpha value is -2.54. The first-order chi connectivity index (χ1) is 10.7. The van der Waals surface area contributed by atoms with Crippen LogP contribution in [-0.2, 0) is 16.1 Å². The summed E-state index contributed by atoms with van der Waals surface area (Å²) in [6, 6.07) is 8.96. The van der Waals surface area contributed by atoms with Crippen LogP contribution in [0.5, 0.6) is 23.3 Å². The lowest BCUT2D eigenvalue weighted by Crippen LogP contribution is -2.23. The van der Waals surface area contributed by atoms with E-state index in [0.29, 0.717) is 24.7 Å². The fourth-order valence-corrected chi connectivity index (χ4v) is 2.35. The molecule has 7 heteroatoms. The molecule has 112 valence electrons. The van der Waals surface area contributed by atoms with Crippen molar-refractivity contribution < 1.29 is 23.7 Å². The zero-order valence-corrected chi connectivity index (χ0v) is 12.2. The van der Waals surface area contributed by atoms with Gasteiger partial charge >= 0.3 is 6.92 Å². The summed E-state index contributed by atoms with van der Waals surface area (Å²) in [7, 11) is 1.44. The Bertz CT molecular complexity index is 706. The van der Waals surface area contributed by atoms with Gasteiger partial charge in [0.2, 0.25) is 5.88 Å². The monoisotopic (exact) mass is 299 g/mol. The maximum atomic E-state index is 10.4. The number of carbonyl (C=O) groups excluding carboxylic acids is 1. The van der Waals surface area contributed by atoms with Crippen molar-refractivity contribution in [2.75, 3.05) is 7.11 Å². The second-order valence-corrected chi connectivity index (χ2v) is 4.79. The molecule has 0 N–H and O–H groups in total. The number of benzene rings is 1. The summed E-state index contributed by atoms with van der Waals surface area (Å²) in [4.78, 5) is 14.6. The zero-order chi connectivity index (χ0) is 15.5. The number of fused-ring (bicyclic) bond motifs is 1. The Morgan fingerprint density at radius 1 is 1.32 bits per heavy atom. The maximum absolute atomic E-state index is 10.4. The third-order valence-electron chi connectivity index (χ3n) is 3.43. The minimum Gasteiger partial charge on any atom is -0.478 e. The minimum atomic E-state index is 0.113. The number of hydrogen-bond acceptors (Lipinski definition) is 6. The van der Waals surface area contributed by atoms with E-state index in [1.54, 1.807) is 12.1 Å². The first-order valence-electron chi connectivity index (χ1n) is 6.79. The van der Waals surface area contributed by atoms with E-state index in [1.165, 1.54) is 12.6 Å². The summed E-state index contributed by atoms with van der Waals surface area (Å²) in [5, 5.41) is 0. The van der Waals surface area contributed by atoms with Gasteiger partial charge in [-0.15, -0.1) is 0 Å². The summed E-state index contributed by atoms with van der Waals surface area (Å²) < 4.78 is 21.1. The smallest absolute Gasteiger partial charge is 0.324 e. The Balaban J connectivity index is 1.83. The summed E-state index contributed by atoms with van der Waals surface area (Å²) in [6.45, 7) is 3.03. The first kappa shape index (κ1) is 14.4. The van der Waals surface area contributed by atoms with E-state index in [0.717, 1.165) is 5.56 Å². The van der Waals surface area contributed by atoms with E-state index >= 15 is 0 Å². The summed E-state index contributed by atoms with van der Waals surface area (Å²) in [5.41, 5.74) is 2.28. The van der Waals surface area contributed by atoms with Gasteiger partial charge in [-0.05, 0) is 29.2 Å². The molecule has 0 radical (unpaired) electrons. The van der Waals surface area contributed by atoms with E-state index in [4.69, 9.17) is 18.9 Å². The number of methoxy groups -OCH3 is 1. The van der Waals surface area contributed by atoms with Crippen LogP contribution in [0.2, 0.25) is 6.82 Å². The van der Waals surface area contributed by atoms with Crippen LogP contribution in [0, 0.1) is 0 Å². The number of rotatable bonds is 5. The van der Waals surface area contributed by atoms with Gasteiger partial charge in [-0.2, -0.15) is 4.98 Å². The molecule has 0 saturated carbocycles. The highest BCUT2D eigenvalue weighted by molar-refractivity contribution is 6.67. The highest BCUT2D eigenvalue weighted by Crippen LogP contribution is 2.29. The molecule has 0 fully saturated rings. The second-order valence-electron chi connectivity index (χ2n) is 4.79. The van der Waals surface area contributed by atoms with E-state index in [-0.39, 0.29) is 18.5 Å². The minimum absolute atomic E-state index is 0.113. The fraction of sp³-hybridized carbons (Fsp3) is 0.200. The Kier molecular flexibility index (Phi) is 3.97. The average molecular weight is 299 g/mol. The third kappa shape index (κ3) is 2.75. The standard InChI is InChI=1S/C15H14BNO5/c1-16-12-4-3-11(7-10(12)8-21-16)22-14-6-5-13(20-9-18)15(17-14)19-2/h3-7,9H,8H2,1-2H3. The van der Waals surface area contributed by atoms with Crippen molar-refractivity contribution in [3.63, 3.8) is 0 Å². The molecule has 1 aliphatic heterocycles. The Morgan fingerprint density at radius 2 is 2.18 bits per heavy atom. The van der Waals surface area contributed by atoms with Gasteiger partial charge in [-0.1, -0.05) is 12.9 Å². The van der Waals surface area contributed by atoms with E-state index in [2.05, 4.69) is 4.98 Å². The van der Waals surface area contributed by atoms with Gasteiger partial charge in [0.1, 0.15) is 5.75 Å². The molecule has 6 nitrogen and oxygen atoms in total. The lowest BCUT2D eigenvalue weighted by Gasteiger charge is -2.09. The van der Waals surface area contributed by atoms with Crippen LogP contribution in [0.3, 0.4) is 0 Å². The predicted octanol–water partition coefficient (Wildman–Crippen LogP) is 1.78. The van der Waals surface area contributed by atoms with Gasteiger partial charge in [0.15, 0.2) is 5.75 Å². The van der Waals surface area contributed by atoms with Crippen LogP contribution in [0.15, 0.2) is 30.3 Å². The van der Waals surface area contributed by atoms with Crippen LogP contribution in [0.1, 0.15) is 5.56 Å². The van der Waals surface area contributed by atoms with Gasteiger partial charge < -0.3 is 18.9 Å². The molecule has 22 heavy (non-hydrogen) atoms. The Morgan fingerprint density at radius 3 is 2.95 bits per heavy atom. The molecule has 1 aromatic heterocycles. The number of ether oxygens (including phenoxy) is 3. The van der Waals surface area contributed by atoms with Gasteiger partial charge in [-0.3, -0.25) is 4.79 Å². The van der Waals surface area contributed by atoms with Crippen molar-refractivity contribution in [3.8, 4) is 23.3 Å². The van der Waals surface area contributed by atoms with Crippen LogP contribution in [0.4, 0.5) is 0 Å². The third-order valence-corrected chi connectivity index (χ3v) is 3.43. The number of carbonyl (C=O) groups is 1. The number of pyridine rings is 1. The topological polar surface area (TPSA) is 66.9 Å². The highest BCUT2D eigenvalue weighted by Gasteiger charge is 2.23. The molecule has 0 unspecified atom stereocenters. The lowest BCUT2D eigenvalue weighted by atomic mass is 9.64. The lowest BCUT2D eigenvalue weighted by molar-refractivity contribution is -0.120. The molecule has 0 spiro atoms. The number of nitrogens with zero attached hydrogens (tertiary/aromatic N) is 1. The summed E-state index contributed by atoms with van der Waals surface area (Å²) in [6.07, 6.45) is 0. The molecule has 0 bridgehead atoms. The molecule has 0 aliphatic carbocycles. The quantitative estimate of drug-likeness (QED) is 0.619. The molecule has 0 amide bonds.